The molecule has 1 unspecified atom stereocenters. The van der Waals surface area contributed by atoms with E-state index in [-0.39, 0.29) is 12.2 Å². The van der Waals surface area contributed by atoms with Gasteiger partial charge in [-0.2, -0.15) is 0 Å². The molecule has 0 aliphatic rings. The first-order valence-electron chi connectivity index (χ1n) is 9.47. The van der Waals surface area contributed by atoms with E-state index in [0.717, 1.165) is 11.1 Å². The van der Waals surface area contributed by atoms with Gasteiger partial charge in [-0.1, -0.05) is 48.5 Å². The zero-order valence-corrected chi connectivity index (χ0v) is 17.9. The molecular weight excluding hydrogens is 400 g/mol. The predicted molar refractivity (Wildman–Crippen MR) is 119 cm³/mol. The summed E-state index contributed by atoms with van der Waals surface area (Å²) in [4.78, 5) is 16.5. The highest BCUT2D eigenvalue weighted by Gasteiger charge is 2.20. The number of benzene rings is 2. The lowest BCUT2D eigenvalue weighted by Gasteiger charge is -2.21. The third-order valence-electron chi connectivity index (χ3n) is 4.11. The summed E-state index contributed by atoms with van der Waals surface area (Å²) in [7, 11) is 0. The molecule has 0 aliphatic heterocycles. The third-order valence-corrected chi connectivity index (χ3v) is 4.82. The Morgan fingerprint density at radius 3 is 2.20 bits per heavy atom. The summed E-state index contributed by atoms with van der Waals surface area (Å²) >= 11 is -2.34. The summed E-state index contributed by atoms with van der Waals surface area (Å²) in [6.45, 7) is 5.39. The number of nitrogens with zero attached hydrogens (tertiary/aromatic N) is 2. The molecule has 7 heteroatoms. The number of hydrogen-bond acceptors (Lipinski definition) is 4. The van der Waals surface area contributed by atoms with Gasteiger partial charge in [0, 0.05) is 0 Å². The lowest BCUT2D eigenvalue weighted by molar-refractivity contribution is -0.153. The minimum absolute atomic E-state index is 0.0239. The van der Waals surface area contributed by atoms with Crippen molar-refractivity contribution < 1.29 is 18.3 Å². The zero-order chi connectivity index (χ0) is 21.7. The fraction of sp³-hybridized carbons (Fsp3) is 0.217. The number of anilines is 2. The largest absolute Gasteiger partial charge is 0.460 e. The molecule has 0 aliphatic carbocycles. The van der Waals surface area contributed by atoms with Crippen LogP contribution in [0.4, 0.5) is 11.5 Å². The standard InChI is InChI=1S/C23H24N2O4S/c1-23(2,3)29-22(26)16-19-10-7-11-21(24-19)25(30(27)28)20-14-12-18(13-15-20)17-8-5-4-6-9-17/h4-15H,16H2,1-3H3,(H,27,28). The summed E-state index contributed by atoms with van der Waals surface area (Å²) in [5.41, 5.74) is 2.43. The van der Waals surface area contributed by atoms with Crippen LogP contribution in [0.5, 0.6) is 0 Å². The van der Waals surface area contributed by atoms with Crippen LogP contribution >= 0.6 is 0 Å². The van der Waals surface area contributed by atoms with Gasteiger partial charge in [0.1, 0.15) is 11.4 Å². The molecule has 3 rings (SSSR count). The molecule has 0 saturated carbocycles. The number of ether oxygens (including phenoxy) is 1. The maximum atomic E-state index is 12.1. The molecular formula is C23H24N2O4S. The monoisotopic (exact) mass is 424 g/mol. The minimum Gasteiger partial charge on any atom is -0.460 e. The molecule has 2 aromatic carbocycles. The molecule has 156 valence electrons. The molecule has 1 heterocycles. The Morgan fingerprint density at radius 2 is 1.60 bits per heavy atom. The molecule has 0 fully saturated rings. The summed E-state index contributed by atoms with van der Waals surface area (Å²) in [6, 6.07) is 22.2. The van der Waals surface area contributed by atoms with Crippen molar-refractivity contribution in [3.05, 3.63) is 78.5 Å². The van der Waals surface area contributed by atoms with Crippen molar-refractivity contribution in [1.29, 1.82) is 0 Å². The molecule has 0 saturated heterocycles. The number of hydrogen-bond donors (Lipinski definition) is 1. The maximum Gasteiger partial charge on any atom is 0.312 e. The molecule has 0 bridgehead atoms. The molecule has 3 aromatic rings. The summed E-state index contributed by atoms with van der Waals surface area (Å²) in [5, 5.41) is 0. The molecule has 1 aromatic heterocycles. The van der Waals surface area contributed by atoms with Gasteiger partial charge in [-0.15, -0.1) is 0 Å². The summed E-state index contributed by atoms with van der Waals surface area (Å²) in [6.07, 6.45) is -0.0239. The molecule has 0 amide bonds. The van der Waals surface area contributed by atoms with Crippen LogP contribution in [0.2, 0.25) is 0 Å². The van der Waals surface area contributed by atoms with Crippen molar-refractivity contribution >= 4 is 28.7 Å². The van der Waals surface area contributed by atoms with Crippen molar-refractivity contribution in [3.63, 3.8) is 0 Å². The van der Waals surface area contributed by atoms with Crippen molar-refractivity contribution in [1.82, 2.24) is 4.98 Å². The highest BCUT2D eigenvalue weighted by Crippen LogP contribution is 2.28. The first-order chi connectivity index (χ1) is 14.2. The van der Waals surface area contributed by atoms with Crippen LogP contribution in [-0.4, -0.2) is 25.3 Å². The minimum atomic E-state index is -2.34. The van der Waals surface area contributed by atoms with Crippen LogP contribution in [0.15, 0.2) is 72.8 Å². The van der Waals surface area contributed by atoms with Crippen LogP contribution in [0.3, 0.4) is 0 Å². The Balaban J connectivity index is 1.85. The lowest BCUT2D eigenvalue weighted by Crippen LogP contribution is -2.25. The van der Waals surface area contributed by atoms with Gasteiger partial charge in [0.2, 0.25) is 0 Å². The van der Waals surface area contributed by atoms with Crippen LogP contribution in [0.25, 0.3) is 11.1 Å². The number of carbonyl (C=O) groups is 1. The lowest BCUT2D eigenvalue weighted by atomic mass is 10.1. The topological polar surface area (TPSA) is 79.7 Å². The van der Waals surface area contributed by atoms with Crippen LogP contribution in [0.1, 0.15) is 26.5 Å². The fourth-order valence-electron chi connectivity index (χ4n) is 2.93. The van der Waals surface area contributed by atoms with E-state index in [9.17, 15) is 13.6 Å². The van der Waals surface area contributed by atoms with E-state index in [1.54, 1.807) is 51.1 Å². The predicted octanol–water partition coefficient (Wildman–Crippen LogP) is 4.91. The first-order valence-corrected chi connectivity index (χ1v) is 10.5. The van der Waals surface area contributed by atoms with Gasteiger partial charge in [0.05, 0.1) is 17.8 Å². The second kappa shape index (κ2) is 9.19. The molecule has 6 nitrogen and oxygen atoms in total. The quantitative estimate of drug-likeness (QED) is 0.449. The Hall–Kier alpha value is -3.03. The molecule has 0 radical (unpaired) electrons. The number of carbonyl (C=O) groups excluding carboxylic acids is 1. The van der Waals surface area contributed by atoms with Crippen molar-refractivity contribution in [3.8, 4) is 11.1 Å². The Kier molecular flexibility index (Phi) is 6.64. The Bertz CT molecular complexity index is 1030. The molecule has 1 N–H and O–H groups in total. The number of pyridine rings is 1. The number of esters is 1. The van der Waals surface area contributed by atoms with Gasteiger partial charge in [-0.3, -0.25) is 9.35 Å². The second-order valence-corrected chi connectivity index (χ2v) is 8.51. The van der Waals surface area contributed by atoms with E-state index in [1.807, 2.05) is 42.5 Å². The van der Waals surface area contributed by atoms with Gasteiger partial charge in [0.15, 0.2) is 0 Å². The average Bonchev–Trinajstić information content (AvgIpc) is 2.68. The Labute approximate surface area is 179 Å². The van der Waals surface area contributed by atoms with E-state index in [2.05, 4.69) is 4.98 Å². The SMILES string of the molecule is CC(C)(C)OC(=O)Cc1cccc(N(c2ccc(-c3ccccc3)cc2)S(=O)O)n1. The van der Waals surface area contributed by atoms with Gasteiger partial charge >= 0.3 is 5.97 Å². The van der Waals surface area contributed by atoms with Crippen LogP contribution in [-0.2, 0) is 27.2 Å². The first kappa shape index (κ1) is 21.7. The molecule has 30 heavy (non-hydrogen) atoms. The van der Waals surface area contributed by atoms with Crippen molar-refractivity contribution in [2.24, 2.45) is 0 Å². The van der Waals surface area contributed by atoms with Gasteiger partial charge in [-0.05, 0) is 56.2 Å². The molecule has 1 atom stereocenters. The number of rotatable bonds is 6. The highest BCUT2D eigenvalue weighted by atomic mass is 32.2. The average molecular weight is 425 g/mol. The normalized spacial score (nSPS) is 12.3. The van der Waals surface area contributed by atoms with Crippen molar-refractivity contribution in [2.75, 3.05) is 4.31 Å². The molecule has 0 spiro atoms. The van der Waals surface area contributed by atoms with E-state index in [4.69, 9.17) is 4.74 Å². The fourth-order valence-corrected chi connectivity index (χ4v) is 3.49. The van der Waals surface area contributed by atoms with E-state index < -0.39 is 22.8 Å². The third kappa shape index (κ3) is 5.75. The van der Waals surface area contributed by atoms with E-state index >= 15 is 0 Å². The summed E-state index contributed by atoms with van der Waals surface area (Å²) in [5.74, 6) is -0.139. The van der Waals surface area contributed by atoms with E-state index in [0.29, 0.717) is 11.4 Å². The van der Waals surface area contributed by atoms with Gasteiger partial charge in [0.25, 0.3) is 11.3 Å². The van der Waals surface area contributed by atoms with E-state index in [1.165, 1.54) is 4.31 Å². The zero-order valence-electron chi connectivity index (χ0n) is 17.1. The number of aromatic nitrogens is 1. The smallest absolute Gasteiger partial charge is 0.312 e. The van der Waals surface area contributed by atoms with Crippen LogP contribution < -0.4 is 4.31 Å². The van der Waals surface area contributed by atoms with Crippen LogP contribution in [0, 0.1) is 0 Å². The second-order valence-electron chi connectivity index (χ2n) is 7.69. The van der Waals surface area contributed by atoms with Crippen molar-refractivity contribution in [2.45, 2.75) is 32.8 Å². The summed E-state index contributed by atoms with van der Waals surface area (Å²) < 4.78 is 28.5. The Morgan fingerprint density at radius 1 is 0.967 bits per heavy atom. The van der Waals surface area contributed by atoms with Gasteiger partial charge < -0.3 is 4.74 Å². The van der Waals surface area contributed by atoms with Gasteiger partial charge in [-0.25, -0.2) is 13.5 Å². The maximum absolute atomic E-state index is 12.1. The highest BCUT2D eigenvalue weighted by molar-refractivity contribution is 7.81.